The number of rotatable bonds is 4. The minimum absolute atomic E-state index is 0.115. The van der Waals surface area contributed by atoms with Gasteiger partial charge in [-0.2, -0.15) is 0 Å². The van der Waals surface area contributed by atoms with E-state index in [1.54, 1.807) is 0 Å². The van der Waals surface area contributed by atoms with Crippen LogP contribution < -0.4 is 0 Å². The Morgan fingerprint density at radius 2 is 1.58 bits per heavy atom. The van der Waals surface area contributed by atoms with Crippen LogP contribution >= 0.6 is 0 Å². The molecule has 1 aromatic heterocycles. The standard InChI is InChI=1S/C23H26N2O/c26-22-15-9-3-8-14-21(22)25-17-20(16-18-10-4-1-5-11-18)24-23(25)19-12-6-2-7-13-19/h1-2,4-7,10-13,17,21-22,26H,3,8-9,14-16H2/t21-,22+/m1/s1. The number of hydrogen-bond acceptors (Lipinski definition) is 2. The Bertz CT molecular complexity index is 826. The van der Waals surface area contributed by atoms with E-state index in [-0.39, 0.29) is 12.1 Å². The second kappa shape index (κ2) is 7.88. The molecule has 1 aliphatic carbocycles. The van der Waals surface area contributed by atoms with Gasteiger partial charge in [0.15, 0.2) is 0 Å². The topological polar surface area (TPSA) is 38.0 Å². The third kappa shape index (κ3) is 3.73. The lowest BCUT2D eigenvalue weighted by molar-refractivity contribution is 0.106. The van der Waals surface area contributed by atoms with Gasteiger partial charge in [0.25, 0.3) is 0 Å². The van der Waals surface area contributed by atoms with E-state index in [2.05, 4.69) is 59.3 Å². The SMILES string of the molecule is O[C@H]1CCCCC[C@H]1n1cc(Cc2ccccc2)nc1-c1ccccc1. The van der Waals surface area contributed by atoms with Gasteiger partial charge in [-0.25, -0.2) is 4.98 Å². The largest absolute Gasteiger partial charge is 0.391 e. The maximum Gasteiger partial charge on any atom is 0.140 e. The quantitative estimate of drug-likeness (QED) is 0.675. The third-order valence-electron chi connectivity index (χ3n) is 5.34. The van der Waals surface area contributed by atoms with Gasteiger partial charge in [-0.05, 0) is 18.4 Å². The second-order valence-electron chi connectivity index (χ2n) is 7.26. The van der Waals surface area contributed by atoms with Gasteiger partial charge in [0, 0.05) is 18.2 Å². The zero-order chi connectivity index (χ0) is 17.8. The third-order valence-corrected chi connectivity index (χ3v) is 5.34. The van der Waals surface area contributed by atoms with Gasteiger partial charge in [0.2, 0.25) is 0 Å². The highest BCUT2D eigenvalue weighted by atomic mass is 16.3. The molecule has 0 aliphatic heterocycles. The molecule has 3 aromatic rings. The van der Waals surface area contributed by atoms with Crippen molar-refractivity contribution < 1.29 is 5.11 Å². The number of aromatic nitrogens is 2. The summed E-state index contributed by atoms with van der Waals surface area (Å²) in [4.78, 5) is 4.97. The van der Waals surface area contributed by atoms with E-state index in [0.717, 1.165) is 42.8 Å². The van der Waals surface area contributed by atoms with Gasteiger partial charge in [-0.1, -0.05) is 79.9 Å². The Morgan fingerprint density at radius 3 is 2.35 bits per heavy atom. The highest BCUT2D eigenvalue weighted by Gasteiger charge is 2.26. The number of aliphatic hydroxyl groups excluding tert-OH is 1. The first kappa shape index (κ1) is 17.0. The average molecular weight is 346 g/mol. The van der Waals surface area contributed by atoms with Gasteiger partial charge in [0.05, 0.1) is 17.8 Å². The lowest BCUT2D eigenvalue weighted by Gasteiger charge is -2.24. The van der Waals surface area contributed by atoms with Gasteiger partial charge in [-0.3, -0.25) is 0 Å². The summed E-state index contributed by atoms with van der Waals surface area (Å²) in [5.41, 5.74) is 3.44. The molecule has 0 spiro atoms. The summed E-state index contributed by atoms with van der Waals surface area (Å²) in [5.74, 6) is 0.975. The van der Waals surface area contributed by atoms with Gasteiger partial charge in [-0.15, -0.1) is 0 Å². The summed E-state index contributed by atoms with van der Waals surface area (Å²) < 4.78 is 2.24. The van der Waals surface area contributed by atoms with Crippen molar-refractivity contribution in [2.24, 2.45) is 0 Å². The number of aliphatic hydroxyl groups is 1. The molecule has 26 heavy (non-hydrogen) atoms. The summed E-state index contributed by atoms with van der Waals surface area (Å²) >= 11 is 0. The second-order valence-corrected chi connectivity index (χ2v) is 7.26. The van der Waals surface area contributed by atoms with E-state index < -0.39 is 0 Å². The van der Waals surface area contributed by atoms with Crippen molar-refractivity contribution in [1.82, 2.24) is 9.55 Å². The fourth-order valence-electron chi connectivity index (χ4n) is 3.98. The van der Waals surface area contributed by atoms with Gasteiger partial charge in [0.1, 0.15) is 5.82 Å². The Balaban J connectivity index is 1.73. The summed E-state index contributed by atoms with van der Waals surface area (Å²) in [6.45, 7) is 0. The Kier molecular flexibility index (Phi) is 5.16. The Labute approximate surface area is 155 Å². The lowest BCUT2D eigenvalue weighted by Crippen LogP contribution is -2.23. The predicted octanol–water partition coefficient (Wildman–Crippen LogP) is 5.01. The van der Waals surface area contributed by atoms with Crippen LogP contribution in [-0.4, -0.2) is 20.8 Å². The van der Waals surface area contributed by atoms with Crippen molar-refractivity contribution in [3.63, 3.8) is 0 Å². The summed E-state index contributed by atoms with van der Waals surface area (Å²) in [6, 6.07) is 20.9. The fraction of sp³-hybridized carbons (Fsp3) is 0.348. The number of imidazole rings is 1. The van der Waals surface area contributed by atoms with Gasteiger partial charge >= 0.3 is 0 Å². The molecule has 4 rings (SSSR count). The molecule has 3 heteroatoms. The normalized spacial score (nSPS) is 20.7. The smallest absolute Gasteiger partial charge is 0.140 e. The highest BCUT2D eigenvalue weighted by molar-refractivity contribution is 5.56. The first-order chi connectivity index (χ1) is 12.8. The molecule has 1 saturated carbocycles. The maximum absolute atomic E-state index is 10.7. The van der Waals surface area contributed by atoms with Gasteiger partial charge < -0.3 is 9.67 Å². The summed E-state index contributed by atoms with van der Waals surface area (Å²) in [6.07, 6.45) is 8.07. The molecule has 2 atom stereocenters. The minimum Gasteiger partial charge on any atom is -0.391 e. The van der Waals surface area contributed by atoms with Crippen LogP contribution in [0.15, 0.2) is 66.9 Å². The molecule has 134 valence electrons. The van der Waals surface area contributed by atoms with Crippen molar-refractivity contribution >= 4 is 0 Å². The highest BCUT2D eigenvalue weighted by Crippen LogP contribution is 2.32. The van der Waals surface area contributed by atoms with E-state index in [4.69, 9.17) is 4.98 Å². The van der Waals surface area contributed by atoms with Crippen molar-refractivity contribution in [2.75, 3.05) is 0 Å². The fourth-order valence-corrected chi connectivity index (χ4v) is 3.98. The van der Waals surface area contributed by atoms with E-state index in [0.29, 0.717) is 0 Å². The first-order valence-electron chi connectivity index (χ1n) is 9.66. The molecule has 2 aromatic carbocycles. The molecule has 0 saturated heterocycles. The Morgan fingerprint density at radius 1 is 0.885 bits per heavy atom. The zero-order valence-corrected chi connectivity index (χ0v) is 15.1. The van der Waals surface area contributed by atoms with E-state index in [1.165, 1.54) is 18.4 Å². The van der Waals surface area contributed by atoms with Crippen molar-refractivity contribution in [2.45, 2.75) is 50.7 Å². The van der Waals surface area contributed by atoms with E-state index in [1.807, 2.05) is 12.1 Å². The van der Waals surface area contributed by atoms with Crippen LogP contribution in [-0.2, 0) is 6.42 Å². The zero-order valence-electron chi connectivity index (χ0n) is 15.1. The average Bonchev–Trinajstić information content (AvgIpc) is 2.97. The van der Waals surface area contributed by atoms with Crippen LogP contribution in [0, 0.1) is 0 Å². The first-order valence-corrected chi connectivity index (χ1v) is 9.66. The van der Waals surface area contributed by atoms with Crippen LogP contribution in [0.2, 0.25) is 0 Å². The predicted molar refractivity (Wildman–Crippen MR) is 105 cm³/mol. The maximum atomic E-state index is 10.7. The van der Waals surface area contributed by atoms with E-state index in [9.17, 15) is 5.11 Å². The number of benzene rings is 2. The number of hydrogen-bond donors (Lipinski definition) is 1. The molecule has 1 fully saturated rings. The summed E-state index contributed by atoms with van der Waals surface area (Å²) in [7, 11) is 0. The summed E-state index contributed by atoms with van der Waals surface area (Å²) in [5, 5.41) is 10.7. The molecule has 0 radical (unpaired) electrons. The van der Waals surface area contributed by atoms with Crippen LogP contribution in [0.25, 0.3) is 11.4 Å². The molecule has 1 N–H and O–H groups in total. The van der Waals surface area contributed by atoms with E-state index >= 15 is 0 Å². The molecule has 0 amide bonds. The number of nitrogens with zero attached hydrogens (tertiary/aromatic N) is 2. The van der Waals surface area contributed by atoms with Crippen LogP contribution in [0.3, 0.4) is 0 Å². The molecule has 0 unspecified atom stereocenters. The molecular formula is C23H26N2O. The molecule has 1 heterocycles. The lowest BCUT2D eigenvalue weighted by atomic mass is 10.1. The van der Waals surface area contributed by atoms with Crippen LogP contribution in [0.1, 0.15) is 49.4 Å². The minimum atomic E-state index is -0.293. The van der Waals surface area contributed by atoms with Crippen LogP contribution in [0.5, 0.6) is 0 Å². The van der Waals surface area contributed by atoms with Crippen LogP contribution in [0.4, 0.5) is 0 Å². The van der Waals surface area contributed by atoms with Crippen molar-refractivity contribution in [1.29, 1.82) is 0 Å². The van der Waals surface area contributed by atoms with Crippen molar-refractivity contribution in [3.05, 3.63) is 78.1 Å². The molecule has 1 aliphatic rings. The molecule has 0 bridgehead atoms. The molecular weight excluding hydrogens is 320 g/mol. The Hall–Kier alpha value is -2.39. The van der Waals surface area contributed by atoms with Crippen molar-refractivity contribution in [3.8, 4) is 11.4 Å². The molecule has 3 nitrogen and oxygen atoms in total. The monoisotopic (exact) mass is 346 g/mol.